The number of hydrogen-bond donors (Lipinski definition) is 1. The van der Waals surface area contributed by atoms with E-state index in [-0.39, 0.29) is 5.54 Å². The maximum absolute atomic E-state index is 6.12. The summed E-state index contributed by atoms with van der Waals surface area (Å²) in [6, 6.07) is 6.49. The number of likely N-dealkylation sites (N-methyl/N-ethyl adjacent to an activating group) is 1. The molecule has 2 nitrogen and oxygen atoms in total. The van der Waals surface area contributed by atoms with Crippen LogP contribution in [-0.4, -0.2) is 30.6 Å². The van der Waals surface area contributed by atoms with Gasteiger partial charge >= 0.3 is 0 Å². The molecule has 0 aromatic heterocycles. The summed E-state index contributed by atoms with van der Waals surface area (Å²) in [7, 11) is 2.17. The zero-order valence-electron chi connectivity index (χ0n) is 10.7. The zero-order valence-corrected chi connectivity index (χ0v) is 12.3. The molecule has 0 saturated heterocycles. The van der Waals surface area contributed by atoms with Gasteiger partial charge in [0.25, 0.3) is 0 Å². The quantitative estimate of drug-likeness (QED) is 0.905. The molecular formula is C14H21BrN2. The Balaban J connectivity index is 1.86. The third-order valence-corrected chi connectivity index (χ3v) is 4.04. The minimum Gasteiger partial charge on any atom is -0.324 e. The number of benzene rings is 1. The van der Waals surface area contributed by atoms with Crippen molar-refractivity contribution in [1.29, 1.82) is 0 Å². The number of hydrogen-bond acceptors (Lipinski definition) is 2. The number of aryl methyl sites for hydroxylation is 1. The second kappa shape index (κ2) is 5.09. The fourth-order valence-electron chi connectivity index (χ4n) is 2.16. The van der Waals surface area contributed by atoms with Crippen LogP contribution in [-0.2, 0) is 6.42 Å². The van der Waals surface area contributed by atoms with E-state index in [1.165, 1.54) is 28.4 Å². The molecule has 1 fully saturated rings. The molecule has 1 saturated carbocycles. The van der Waals surface area contributed by atoms with Crippen LogP contribution in [0.2, 0.25) is 0 Å². The van der Waals surface area contributed by atoms with Crippen LogP contribution < -0.4 is 5.73 Å². The average molecular weight is 297 g/mol. The lowest BCUT2D eigenvalue weighted by atomic mass is 10.1. The molecule has 17 heavy (non-hydrogen) atoms. The van der Waals surface area contributed by atoms with E-state index >= 15 is 0 Å². The normalized spacial score (nSPS) is 17.5. The minimum atomic E-state index is 0.126. The molecule has 2 rings (SSSR count). The molecule has 0 unspecified atom stereocenters. The van der Waals surface area contributed by atoms with Crippen LogP contribution in [0.25, 0.3) is 0 Å². The lowest BCUT2D eigenvalue weighted by Gasteiger charge is -2.21. The average Bonchev–Trinajstić information content (AvgIpc) is 2.97. The predicted octanol–water partition coefficient (Wildman–Crippen LogP) is 2.72. The highest BCUT2D eigenvalue weighted by atomic mass is 79.9. The summed E-state index contributed by atoms with van der Waals surface area (Å²) < 4.78 is 1.17. The molecule has 0 aliphatic heterocycles. The first-order chi connectivity index (χ1) is 7.98. The molecule has 1 aromatic rings. The van der Waals surface area contributed by atoms with Gasteiger partial charge in [0.15, 0.2) is 0 Å². The van der Waals surface area contributed by atoms with E-state index in [0.29, 0.717) is 0 Å². The Morgan fingerprint density at radius 2 is 2.12 bits per heavy atom. The first kappa shape index (κ1) is 13.1. The SMILES string of the molecule is Cc1ccc(Br)cc1CCN(C)CC1(N)CC1. The van der Waals surface area contributed by atoms with Gasteiger partial charge in [0.05, 0.1) is 0 Å². The summed E-state index contributed by atoms with van der Waals surface area (Å²) in [4.78, 5) is 2.35. The van der Waals surface area contributed by atoms with Gasteiger partial charge in [-0.05, 0) is 56.5 Å². The van der Waals surface area contributed by atoms with Gasteiger partial charge in [0.1, 0.15) is 0 Å². The monoisotopic (exact) mass is 296 g/mol. The van der Waals surface area contributed by atoms with Crippen molar-refractivity contribution in [2.45, 2.75) is 31.7 Å². The summed E-state index contributed by atoms with van der Waals surface area (Å²) >= 11 is 3.53. The molecule has 0 atom stereocenters. The van der Waals surface area contributed by atoms with Gasteiger partial charge in [-0.3, -0.25) is 0 Å². The van der Waals surface area contributed by atoms with Crippen molar-refractivity contribution in [2.24, 2.45) is 5.73 Å². The summed E-state index contributed by atoms with van der Waals surface area (Å²) in [5.41, 5.74) is 9.04. The molecule has 0 radical (unpaired) electrons. The summed E-state index contributed by atoms with van der Waals surface area (Å²) in [6.07, 6.45) is 3.47. The van der Waals surface area contributed by atoms with Crippen LogP contribution >= 0.6 is 15.9 Å². The second-order valence-electron chi connectivity index (χ2n) is 5.42. The molecule has 3 heteroatoms. The molecule has 2 N–H and O–H groups in total. The lowest BCUT2D eigenvalue weighted by Crippen LogP contribution is -2.38. The topological polar surface area (TPSA) is 29.3 Å². The summed E-state index contributed by atoms with van der Waals surface area (Å²) in [6.45, 7) is 4.28. The molecule has 0 heterocycles. The highest BCUT2D eigenvalue weighted by molar-refractivity contribution is 9.10. The largest absolute Gasteiger partial charge is 0.324 e. The summed E-state index contributed by atoms with van der Waals surface area (Å²) in [5.74, 6) is 0. The van der Waals surface area contributed by atoms with Gasteiger partial charge in [-0.25, -0.2) is 0 Å². The minimum absolute atomic E-state index is 0.126. The van der Waals surface area contributed by atoms with Crippen molar-refractivity contribution in [1.82, 2.24) is 4.90 Å². The van der Waals surface area contributed by atoms with Crippen LogP contribution in [0.4, 0.5) is 0 Å². The van der Waals surface area contributed by atoms with Crippen molar-refractivity contribution < 1.29 is 0 Å². The molecular weight excluding hydrogens is 276 g/mol. The molecule has 0 amide bonds. The zero-order chi connectivity index (χ0) is 12.5. The smallest absolute Gasteiger partial charge is 0.0284 e. The molecule has 1 aliphatic rings. The molecule has 0 bridgehead atoms. The number of nitrogens with zero attached hydrogens (tertiary/aromatic N) is 1. The number of halogens is 1. The summed E-state index contributed by atoms with van der Waals surface area (Å²) in [5, 5.41) is 0. The van der Waals surface area contributed by atoms with Crippen LogP contribution in [0.3, 0.4) is 0 Å². The maximum Gasteiger partial charge on any atom is 0.0284 e. The third kappa shape index (κ3) is 3.80. The van der Waals surface area contributed by atoms with Gasteiger partial charge in [-0.15, -0.1) is 0 Å². The Labute approximate surface area is 112 Å². The fourth-order valence-corrected chi connectivity index (χ4v) is 2.56. The standard InChI is InChI=1S/C14H21BrN2/c1-11-3-4-13(15)9-12(11)5-8-17(2)10-14(16)6-7-14/h3-4,9H,5-8,10,16H2,1-2H3. The van der Waals surface area contributed by atoms with Gasteiger partial charge in [0, 0.05) is 23.1 Å². The Morgan fingerprint density at radius 3 is 2.76 bits per heavy atom. The fraction of sp³-hybridized carbons (Fsp3) is 0.571. The van der Waals surface area contributed by atoms with Crippen molar-refractivity contribution in [2.75, 3.05) is 20.1 Å². The van der Waals surface area contributed by atoms with Gasteiger partial charge < -0.3 is 10.6 Å². The Bertz CT molecular complexity index is 399. The van der Waals surface area contributed by atoms with Gasteiger partial charge in [-0.1, -0.05) is 22.0 Å². The molecule has 94 valence electrons. The highest BCUT2D eigenvalue weighted by Crippen LogP contribution is 2.32. The third-order valence-electron chi connectivity index (χ3n) is 3.55. The van der Waals surface area contributed by atoms with E-state index in [4.69, 9.17) is 5.73 Å². The lowest BCUT2D eigenvalue weighted by molar-refractivity contribution is 0.306. The van der Waals surface area contributed by atoms with Crippen molar-refractivity contribution in [3.8, 4) is 0 Å². The van der Waals surface area contributed by atoms with E-state index in [1.54, 1.807) is 0 Å². The van der Waals surface area contributed by atoms with E-state index in [2.05, 4.69) is 53.0 Å². The first-order valence-corrected chi connectivity index (χ1v) is 7.00. The van der Waals surface area contributed by atoms with Crippen molar-refractivity contribution in [3.05, 3.63) is 33.8 Å². The van der Waals surface area contributed by atoms with Gasteiger partial charge in [-0.2, -0.15) is 0 Å². The first-order valence-electron chi connectivity index (χ1n) is 6.21. The van der Waals surface area contributed by atoms with Crippen LogP contribution in [0, 0.1) is 6.92 Å². The van der Waals surface area contributed by atoms with E-state index < -0.39 is 0 Å². The second-order valence-corrected chi connectivity index (χ2v) is 6.34. The molecule has 1 aliphatic carbocycles. The number of nitrogens with two attached hydrogens (primary N) is 1. The molecule has 1 aromatic carbocycles. The Morgan fingerprint density at radius 1 is 1.41 bits per heavy atom. The van der Waals surface area contributed by atoms with Crippen molar-refractivity contribution >= 4 is 15.9 Å². The van der Waals surface area contributed by atoms with E-state index in [9.17, 15) is 0 Å². The maximum atomic E-state index is 6.12. The highest BCUT2D eigenvalue weighted by Gasteiger charge is 2.38. The van der Waals surface area contributed by atoms with Crippen LogP contribution in [0.15, 0.2) is 22.7 Å². The van der Waals surface area contributed by atoms with Crippen molar-refractivity contribution in [3.63, 3.8) is 0 Å². The molecule has 0 spiro atoms. The van der Waals surface area contributed by atoms with Crippen LogP contribution in [0.1, 0.15) is 24.0 Å². The number of rotatable bonds is 5. The van der Waals surface area contributed by atoms with Gasteiger partial charge in [0.2, 0.25) is 0 Å². The Kier molecular flexibility index (Phi) is 3.91. The predicted molar refractivity (Wildman–Crippen MR) is 76.2 cm³/mol. The Hall–Kier alpha value is -0.380. The van der Waals surface area contributed by atoms with E-state index in [0.717, 1.165) is 19.5 Å². The van der Waals surface area contributed by atoms with Crippen LogP contribution in [0.5, 0.6) is 0 Å². The van der Waals surface area contributed by atoms with E-state index in [1.807, 2.05) is 0 Å².